The first-order chi connectivity index (χ1) is 10.9. The van der Waals surface area contributed by atoms with Crippen LogP contribution in [0.2, 0.25) is 0 Å². The van der Waals surface area contributed by atoms with Crippen LogP contribution in [0.3, 0.4) is 0 Å². The van der Waals surface area contributed by atoms with Crippen LogP contribution in [0.1, 0.15) is 18.2 Å². The van der Waals surface area contributed by atoms with Crippen LogP contribution in [-0.4, -0.2) is 23.2 Å². The van der Waals surface area contributed by atoms with Crippen molar-refractivity contribution in [3.05, 3.63) is 47.9 Å². The van der Waals surface area contributed by atoms with Crippen LogP contribution in [0, 0.1) is 13.8 Å². The number of benzene rings is 1. The molecule has 0 saturated heterocycles. The summed E-state index contributed by atoms with van der Waals surface area (Å²) in [4.78, 5) is 4.48. The summed E-state index contributed by atoms with van der Waals surface area (Å²) in [5.74, 6) is 0. The van der Waals surface area contributed by atoms with Crippen molar-refractivity contribution in [2.24, 2.45) is 0 Å². The lowest BCUT2D eigenvalue weighted by Crippen LogP contribution is -2.14. The fourth-order valence-corrected chi connectivity index (χ4v) is 3.79. The highest BCUT2D eigenvalue weighted by Crippen LogP contribution is 2.26. The Kier molecular flexibility index (Phi) is 3.81. The van der Waals surface area contributed by atoms with E-state index in [0.717, 1.165) is 10.9 Å². The zero-order chi connectivity index (χ0) is 16.6. The average molecular weight is 330 g/mol. The van der Waals surface area contributed by atoms with E-state index in [0.29, 0.717) is 23.4 Å². The molecule has 0 spiro atoms. The fourth-order valence-electron chi connectivity index (χ4n) is 2.55. The van der Waals surface area contributed by atoms with Crippen LogP contribution in [0.15, 0.2) is 41.6 Å². The van der Waals surface area contributed by atoms with E-state index >= 15 is 0 Å². The van der Waals surface area contributed by atoms with Crippen molar-refractivity contribution < 1.29 is 8.42 Å². The van der Waals surface area contributed by atoms with E-state index < -0.39 is 10.0 Å². The van der Waals surface area contributed by atoms with Gasteiger partial charge in [0.1, 0.15) is 4.90 Å². The second-order valence-corrected chi connectivity index (χ2v) is 7.08. The predicted molar refractivity (Wildman–Crippen MR) is 89.9 cm³/mol. The van der Waals surface area contributed by atoms with Crippen LogP contribution in [-0.2, 0) is 16.6 Å². The fraction of sp³-hybridized carbons (Fsp3) is 0.250. The van der Waals surface area contributed by atoms with Gasteiger partial charge in [0.15, 0.2) is 0 Å². The van der Waals surface area contributed by atoms with Gasteiger partial charge < -0.3 is 0 Å². The van der Waals surface area contributed by atoms with Crippen molar-refractivity contribution in [3.63, 3.8) is 0 Å². The van der Waals surface area contributed by atoms with E-state index in [-0.39, 0.29) is 4.90 Å². The van der Waals surface area contributed by atoms with Crippen molar-refractivity contribution in [1.82, 2.24) is 14.8 Å². The van der Waals surface area contributed by atoms with Gasteiger partial charge in [0.2, 0.25) is 0 Å². The Morgan fingerprint density at radius 1 is 1.26 bits per heavy atom. The molecule has 0 bridgehead atoms. The van der Waals surface area contributed by atoms with E-state index in [1.165, 1.54) is 0 Å². The maximum absolute atomic E-state index is 12.7. The predicted octanol–water partition coefficient (Wildman–Crippen LogP) is 2.87. The Morgan fingerprint density at radius 3 is 2.74 bits per heavy atom. The molecule has 6 nitrogen and oxygen atoms in total. The van der Waals surface area contributed by atoms with Gasteiger partial charge in [0.05, 0.1) is 16.9 Å². The number of hydrogen-bond donors (Lipinski definition) is 1. The third kappa shape index (κ3) is 2.92. The largest absolute Gasteiger partial charge is 0.277 e. The van der Waals surface area contributed by atoms with Crippen LogP contribution in [0.5, 0.6) is 0 Å². The maximum Gasteiger partial charge on any atom is 0.265 e. The van der Waals surface area contributed by atoms with Crippen LogP contribution >= 0.6 is 0 Å². The lowest BCUT2D eigenvalue weighted by Gasteiger charge is -2.10. The van der Waals surface area contributed by atoms with E-state index in [1.807, 2.05) is 32.0 Å². The maximum atomic E-state index is 12.7. The summed E-state index contributed by atoms with van der Waals surface area (Å²) in [6, 6.07) is 7.50. The van der Waals surface area contributed by atoms with Gasteiger partial charge in [-0.15, -0.1) is 0 Å². The van der Waals surface area contributed by atoms with Crippen LogP contribution < -0.4 is 4.72 Å². The number of nitrogens with one attached hydrogen (secondary N) is 1. The molecule has 0 unspecified atom stereocenters. The smallest absolute Gasteiger partial charge is 0.265 e. The molecule has 0 aliphatic carbocycles. The second-order valence-electron chi connectivity index (χ2n) is 5.43. The average Bonchev–Trinajstić information content (AvgIpc) is 2.89. The Bertz CT molecular complexity index is 977. The minimum Gasteiger partial charge on any atom is -0.277 e. The number of aromatic nitrogens is 3. The van der Waals surface area contributed by atoms with Gasteiger partial charge >= 0.3 is 0 Å². The molecule has 1 N–H and O–H groups in total. The van der Waals surface area contributed by atoms with E-state index in [1.54, 1.807) is 30.1 Å². The highest BCUT2D eigenvalue weighted by atomic mass is 32.2. The normalized spacial score (nSPS) is 11.8. The molecule has 0 aliphatic heterocycles. The van der Waals surface area contributed by atoms with Crippen molar-refractivity contribution in [1.29, 1.82) is 0 Å². The van der Waals surface area contributed by atoms with Crippen molar-refractivity contribution in [3.8, 4) is 0 Å². The SMILES string of the molecule is CCn1cc(S(=O)(=O)Nc2cc(C)cc3cccnc23)c(C)n1. The zero-order valence-electron chi connectivity index (χ0n) is 13.2. The zero-order valence-corrected chi connectivity index (χ0v) is 14.1. The summed E-state index contributed by atoms with van der Waals surface area (Å²) in [6.45, 7) is 6.14. The van der Waals surface area contributed by atoms with Crippen LogP contribution in [0.4, 0.5) is 5.69 Å². The van der Waals surface area contributed by atoms with Gasteiger partial charge in [-0.05, 0) is 44.5 Å². The molecule has 1 aromatic carbocycles. The third-order valence-corrected chi connectivity index (χ3v) is 5.08. The third-order valence-electron chi connectivity index (χ3n) is 3.61. The summed E-state index contributed by atoms with van der Waals surface area (Å²) >= 11 is 0. The molecule has 0 aliphatic rings. The first-order valence-electron chi connectivity index (χ1n) is 7.33. The molecular formula is C16H18N4O2S. The molecule has 2 aromatic heterocycles. The number of pyridine rings is 1. The molecule has 7 heteroatoms. The molecule has 0 fully saturated rings. The minimum absolute atomic E-state index is 0.185. The Hall–Kier alpha value is -2.41. The Balaban J connectivity index is 2.09. The first kappa shape index (κ1) is 15.5. The van der Waals surface area contributed by atoms with Gasteiger partial charge in [0, 0.05) is 24.3 Å². The van der Waals surface area contributed by atoms with Crippen molar-refractivity contribution in [2.45, 2.75) is 32.2 Å². The second kappa shape index (κ2) is 5.66. The Morgan fingerprint density at radius 2 is 2.04 bits per heavy atom. The lowest BCUT2D eigenvalue weighted by molar-refractivity contribution is 0.600. The molecular weight excluding hydrogens is 312 g/mol. The van der Waals surface area contributed by atoms with Gasteiger partial charge in [-0.1, -0.05) is 6.07 Å². The van der Waals surface area contributed by atoms with Gasteiger partial charge in [-0.3, -0.25) is 14.4 Å². The molecule has 0 atom stereocenters. The highest BCUT2D eigenvalue weighted by molar-refractivity contribution is 7.92. The molecule has 3 rings (SSSR count). The number of anilines is 1. The van der Waals surface area contributed by atoms with Gasteiger partial charge in [-0.2, -0.15) is 5.10 Å². The summed E-state index contributed by atoms with van der Waals surface area (Å²) in [6.07, 6.45) is 3.19. The topological polar surface area (TPSA) is 76.9 Å². The quantitative estimate of drug-likeness (QED) is 0.798. The number of sulfonamides is 1. The molecule has 0 radical (unpaired) electrons. The number of rotatable bonds is 4. The standard InChI is InChI=1S/C16H18N4O2S/c1-4-20-10-15(12(3)18-20)23(21,22)19-14-9-11(2)8-13-6-5-7-17-16(13)14/h5-10,19H,4H2,1-3H3. The minimum atomic E-state index is -3.71. The molecule has 2 heterocycles. The monoisotopic (exact) mass is 330 g/mol. The molecule has 23 heavy (non-hydrogen) atoms. The highest BCUT2D eigenvalue weighted by Gasteiger charge is 2.21. The van der Waals surface area contributed by atoms with Crippen LogP contribution in [0.25, 0.3) is 10.9 Å². The number of nitrogens with zero attached hydrogens (tertiary/aromatic N) is 3. The van der Waals surface area contributed by atoms with E-state index in [4.69, 9.17) is 0 Å². The Labute approximate surface area is 135 Å². The summed E-state index contributed by atoms with van der Waals surface area (Å²) in [7, 11) is -3.71. The molecule has 0 amide bonds. The van der Waals surface area contributed by atoms with E-state index in [2.05, 4.69) is 14.8 Å². The van der Waals surface area contributed by atoms with E-state index in [9.17, 15) is 8.42 Å². The molecule has 3 aromatic rings. The molecule has 0 saturated carbocycles. The number of hydrogen-bond acceptors (Lipinski definition) is 4. The summed E-state index contributed by atoms with van der Waals surface area (Å²) in [5, 5.41) is 5.09. The summed E-state index contributed by atoms with van der Waals surface area (Å²) in [5.41, 5.74) is 2.54. The summed E-state index contributed by atoms with van der Waals surface area (Å²) < 4.78 is 29.7. The number of fused-ring (bicyclic) bond motifs is 1. The first-order valence-corrected chi connectivity index (χ1v) is 8.81. The lowest BCUT2D eigenvalue weighted by atomic mass is 10.1. The van der Waals surface area contributed by atoms with Gasteiger partial charge in [-0.25, -0.2) is 8.42 Å². The van der Waals surface area contributed by atoms with Crippen molar-refractivity contribution in [2.75, 3.05) is 4.72 Å². The number of aryl methyl sites for hydroxylation is 3. The molecule has 120 valence electrons. The van der Waals surface area contributed by atoms with Crippen molar-refractivity contribution >= 4 is 26.6 Å². The van der Waals surface area contributed by atoms with Gasteiger partial charge in [0.25, 0.3) is 10.0 Å².